The van der Waals surface area contributed by atoms with Gasteiger partial charge in [0, 0.05) is 63.1 Å². The molecule has 1 amide bonds. The predicted octanol–water partition coefficient (Wildman–Crippen LogP) is 2.86. The number of amides is 1. The van der Waals surface area contributed by atoms with Gasteiger partial charge in [0.15, 0.2) is 0 Å². The molecule has 5 aliphatic rings. The lowest BCUT2D eigenvalue weighted by molar-refractivity contribution is -0.604. The largest absolute Gasteiger partial charge is 0.508 e. The first-order valence-electron chi connectivity index (χ1n) is 16.7. The average molecular weight is 669 g/mol. The highest BCUT2D eigenvalue weighted by molar-refractivity contribution is 6.41. The van der Waals surface area contributed by atoms with Gasteiger partial charge in [0.1, 0.15) is 35.8 Å². The van der Waals surface area contributed by atoms with E-state index in [9.17, 15) is 14.3 Å². The van der Waals surface area contributed by atoms with Gasteiger partial charge >= 0.3 is 6.01 Å². The van der Waals surface area contributed by atoms with Gasteiger partial charge in [-0.05, 0) is 61.9 Å². The molecular weight excluding hydrogens is 625 g/mol. The summed E-state index contributed by atoms with van der Waals surface area (Å²) in [4.78, 5) is 28.3. The number of carbonyl (C=O) groups excluding carboxylic acids is 1. The van der Waals surface area contributed by atoms with Crippen LogP contribution in [0.2, 0.25) is 5.02 Å². The Morgan fingerprint density at radius 3 is 2.94 bits per heavy atom. The third-order valence-corrected chi connectivity index (χ3v) is 10.9. The minimum Gasteiger partial charge on any atom is -0.508 e. The molecule has 13 heteroatoms. The number of anilines is 1. The quantitative estimate of drug-likeness (QED) is 0.401. The standard InChI is InChI=1S/C34H43ClFN7O4/c1-41(2)31(45)28(37)12-22-18-42(10-5-9-38-22)30-25-19-47-34(8-3-6-24-26(34)13-23(44)14-27(24)35)16-29(25)39-32(40-30)46-20-33-7-4-11-43(33)17-21(36)15-33/h12-14,21,37-38,44H,3-11,15-20H2,1-2H3/p+1/b22-12-,37-28?/t21-,33+,34?/m1/s1. The van der Waals surface area contributed by atoms with Crippen molar-refractivity contribution in [1.29, 1.82) is 5.41 Å². The molecule has 11 nitrogen and oxygen atoms in total. The van der Waals surface area contributed by atoms with Crippen molar-refractivity contribution in [2.45, 2.75) is 75.3 Å². The molecule has 3 fully saturated rings. The molecule has 3 saturated heterocycles. The van der Waals surface area contributed by atoms with Crippen molar-refractivity contribution in [3.8, 4) is 11.8 Å². The number of rotatable bonds is 6. The lowest BCUT2D eigenvalue weighted by Crippen LogP contribution is -2.82. The summed E-state index contributed by atoms with van der Waals surface area (Å²) >= 11 is 6.62. The summed E-state index contributed by atoms with van der Waals surface area (Å²) in [6.45, 7) is 3.90. The third-order valence-electron chi connectivity index (χ3n) is 10.6. The van der Waals surface area contributed by atoms with E-state index in [1.54, 1.807) is 32.3 Å². The summed E-state index contributed by atoms with van der Waals surface area (Å²) in [7, 11) is 3.29. The van der Waals surface area contributed by atoms with Gasteiger partial charge in [-0.1, -0.05) is 11.6 Å². The maximum Gasteiger partial charge on any atom is 0.318 e. The van der Waals surface area contributed by atoms with Crippen molar-refractivity contribution in [3.05, 3.63) is 51.3 Å². The molecule has 252 valence electrons. The summed E-state index contributed by atoms with van der Waals surface area (Å²) in [6.07, 6.45) is 6.95. The van der Waals surface area contributed by atoms with Gasteiger partial charge in [-0.3, -0.25) is 15.1 Å². The first kappa shape index (κ1) is 32.2. The number of hydrogen-bond acceptors (Lipinski definition) is 9. The van der Waals surface area contributed by atoms with Crippen molar-refractivity contribution < 1.29 is 29.1 Å². The van der Waals surface area contributed by atoms with Crippen LogP contribution in [-0.2, 0) is 34.6 Å². The van der Waals surface area contributed by atoms with E-state index in [0.29, 0.717) is 49.9 Å². The number of benzene rings is 1. The Hall–Kier alpha value is -3.32. The van der Waals surface area contributed by atoms with E-state index in [0.717, 1.165) is 79.7 Å². The van der Waals surface area contributed by atoms with Crippen LogP contribution in [0.5, 0.6) is 11.8 Å². The van der Waals surface area contributed by atoms with E-state index >= 15 is 0 Å². The van der Waals surface area contributed by atoms with Crippen LogP contribution in [0.1, 0.15) is 60.9 Å². The second kappa shape index (κ2) is 12.6. The monoisotopic (exact) mass is 668 g/mol. The molecule has 47 heavy (non-hydrogen) atoms. The van der Waals surface area contributed by atoms with Crippen LogP contribution >= 0.6 is 11.6 Å². The van der Waals surface area contributed by atoms with Gasteiger partial charge in [-0.2, -0.15) is 9.97 Å². The molecule has 4 aliphatic heterocycles. The number of nitrogens with two attached hydrogens (primary N) is 1. The van der Waals surface area contributed by atoms with Crippen LogP contribution in [0.25, 0.3) is 0 Å². The predicted molar refractivity (Wildman–Crippen MR) is 175 cm³/mol. The topological polar surface area (TPSA) is 132 Å². The smallest absolute Gasteiger partial charge is 0.318 e. The van der Waals surface area contributed by atoms with Gasteiger partial charge in [-0.25, -0.2) is 4.39 Å². The number of nitrogens with one attached hydrogen (secondary N) is 1. The number of halogens is 2. The van der Waals surface area contributed by atoms with E-state index in [-0.39, 0.29) is 35.5 Å². The fraction of sp³-hybridized carbons (Fsp3) is 0.588. The van der Waals surface area contributed by atoms with Gasteiger partial charge in [0.2, 0.25) is 0 Å². The van der Waals surface area contributed by atoms with Crippen LogP contribution < -0.4 is 15.0 Å². The number of aromatic hydroxyl groups is 1. The average Bonchev–Trinajstić information content (AvgIpc) is 3.45. The number of phenols is 1. The van der Waals surface area contributed by atoms with Crippen molar-refractivity contribution in [3.63, 3.8) is 0 Å². The molecule has 1 aromatic carbocycles. The molecular formula is C34H44ClFN7O4+. The van der Waals surface area contributed by atoms with E-state index in [4.69, 9.17) is 36.5 Å². The number of phenolic OH excluding ortho intramolecular Hbond substituents is 1. The van der Waals surface area contributed by atoms with E-state index in [2.05, 4.69) is 15.1 Å². The highest BCUT2D eigenvalue weighted by Crippen LogP contribution is 2.48. The fourth-order valence-electron chi connectivity index (χ4n) is 8.30. The van der Waals surface area contributed by atoms with Gasteiger partial charge in [0.25, 0.3) is 5.91 Å². The Morgan fingerprint density at radius 2 is 2.11 bits per heavy atom. The SMILES string of the molecule is CN(C)C(=O)C(=N)/C=C1/CN(c2nc(OC[C@@]34CCCN3C[C@H](F)C4)nc3c2COC2(CCCc4c(Cl)cc(O)cc42)C3)CCC[NH2+]1. The molecule has 3 atom stereocenters. The lowest BCUT2D eigenvalue weighted by Gasteiger charge is -2.43. The summed E-state index contributed by atoms with van der Waals surface area (Å²) in [5.74, 6) is 0.475. The third kappa shape index (κ3) is 6.09. The van der Waals surface area contributed by atoms with E-state index in [1.165, 1.54) is 4.90 Å². The number of carbonyl (C=O) groups is 1. The number of hydrogen-bond donors (Lipinski definition) is 3. The second-order valence-electron chi connectivity index (χ2n) is 14.0. The summed E-state index contributed by atoms with van der Waals surface area (Å²) in [6, 6.07) is 3.63. The Bertz CT molecular complexity index is 1620. The van der Waals surface area contributed by atoms with Gasteiger partial charge in [0.05, 0.1) is 36.5 Å². The summed E-state index contributed by atoms with van der Waals surface area (Å²) in [5.41, 5.74) is 3.38. The van der Waals surface area contributed by atoms with E-state index < -0.39 is 11.8 Å². The van der Waals surface area contributed by atoms with Crippen LogP contribution in [0, 0.1) is 5.41 Å². The molecule has 0 radical (unpaired) electrons. The number of alkyl halides is 1. The molecule has 1 unspecified atom stereocenters. The number of fused-ring (bicyclic) bond motifs is 4. The van der Waals surface area contributed by atoms with Crippen LogP contribution in [0.4, 0.5) is 10.2 Å². The zero-order valence-corrected chi connectivity index (χ0v) is 27.9. The van der Waals surface area contributed by atoms with Crippen LogP contribution in [0.15, 0.2) is 23.9 Å². The first-order valence-corrected chi connectivity index (χ1v) is 17.1. The molecule has 2 aromatic rings. The summed E-state index contributed by atoms with van der Waals surface area (Å²) in [5, 5.41) is 21.5. The Morgan fingerprint density at radius 1 is 1.26 bits per heavy atom. The summed E-state index contributed by atoms with van der Waals surface area (Å²) < 4.78 is 27.8. The highest BCUT2D eigenvalue weighted by atomic mass is 35.5. The molecule has 5 heterocycles. The van der Waals surface area contributed by atoms with Gasteiger partial charge in [-0.15, -0.1) is 0 Å². The second-order valence-corrected chi connectivity index (χ2v) is 14.4. The fourth-order valence-corrected chi connectivity index (χ4v) is 8.61. The molecule has 4 N–H and O–H groups in total. The zero-order chi connectivity index (χ0) is 32.9. The van der Waals surface area contributed by atoms with Gasteiger partial charge < -0.3 is 29.7 Å². The molecule has 7 rings (SSSR count). The Kier molecular flexibility index (Phi) is 8.65. The molecule has 0 saturated carbocycles. The minimum atomic E-state index is -0.859. The van der Waals surface area contributed by atoms with Crippen molar-refractivity contribution in [2.75, 3.05) is 58.3 Å². The Labute approximate surface area is 279 Å². The molecule has 1 aromatic heterocycles. The zero-order valence-electron chi connectivity index (χ0n) is 27.2. The normalized spacial score (nSPS) is 28.1. The van der Waals surface area contributed by atoms with Crippen LogP contribution in [0.3, 0.4) is 0 Å². The number of aromatic nitrogens is 2. The van der Waals surface area contributed by atoms with Crippen molar-refractivity contribution >= 4 is 29.0 Å². The van der Waals surface area contributed by atoms with Crippen LogP contribution in [-0.4, -0.2) is 102 Å². The first-order chi connectivity index (χ1) is 22.6. The van der Waals surface area contributed by atoms with E-state index in [1.807, 2.05) is 0 Å². The number of quaternary nitrogens is 1. The maximum atomic E-state index is 14.6. The van der Waals surface area contributed by atoms with Crippen molar-refractivity contribution in [1.82, 2.24) is 19.8 Å². The lowest BCUT2D eigenvalue weighted by atomic mass is 9.74. The maximum absolute atomic E-state index is 14.6. The minimum absolute atomic E-state index is 0.0666. The van der Waals surface area contributed by atoms with Crippen molar-refractivity contribution in [2.24, 2.45) is 0 Å². The number of nitrogens with zero attached hydrogens (tertiary/aromatic N) is 5. The molecule has 1 spiro atoms. The number of ether oxygens (including phenoxy) is 2. The molecule has 1 aliphatic carbocycles. The molecule has 0 bridgehead atoms. The Balaban J connectivity index is 1.25. The highest BCUT2D eigenvalue weighted by Gasteiger charge is 2.50.